The number of hydrogen-bond donors (Lipinski definition) is 0. The lowest BCUT2D eigenvalue weighted by molar-refractivity contribution is 0.669. The van der Waals surface area contributed by atoms with Crippen LogP contribution in [0.15, 0.2) is 150 Å². The highest BCUT2D eigenvalue weighted by atomic mass is 16.3. The second-order valence-electron chi connectivity index (χ2n) is 12.3. The maximum Gasteiger partial charge on any atom is 0.136 e. The Morgan fingerprint density at radius 1 is 0.408 bits per heavy atom. The lowest BCUT2D eigenvalue weighted by Gasteiger charge is -2.18. The van der Waals surface area contributed by atoms with Gasteiger partial charge in [-0.25, -0.2) is 0 Å². The molecule has 10 aromatic rings. The Labute approximate surface area is 280 Å². The van der Waals surface area contributed by atoms with E-state index in [1.807, 2.05) is 48.5 Å². The maximum atomic E-state index is 9.74. The van der Waals surface area contributed by atoms with Crippen molar-refractivity contribution < 1.29 is 4.42 Å². The Morgan fingerprint density at radius 2 is 0.918 bits per heavy atom. The van der Waals surface area contributed by atoms with E-state index in [9.17, 15) is 10.5 Å². The Morgan fingerprint density at radius 3 is 1.57 bits per heavy atom. The van der Waals surface area contributed by atoms with Crippen LogP contribution in [0.1, 0.15) is 11.1 Å². The first kappa shape index (κ1) is 27.1. The predicted molar refractivity (Wildman–Crippen MR) is 197 cm³/mol. The van der Waals surface area contributed by atoms with Crippen LogP contribution in [0.25, 0.3) is 88.1 Å². The largest absolute Gasteiger partial charge is 0.456 e. The molecule has 3 heterocycles. The molecule has 10 rings (SSSR count). The van der Waals surface area contributed by atoms with Crippen LogP contribution in [-0.2, 0) is 0 Å². The van der Waals surface area contributed by atoms with Crippen LogP contribution in [0.5, 0.6) is 0 Å². The molecule has 0 spiro atoms. The van der Waals surface area contributed by atoms with Gasteiger partial charge in [0.25, 0.3) is 0 Å². The van der Waals surface area contributed by atoms with Gasteiger partial charge in [0.1, 0.15) is 11.2 Å². The van der Waals surface area contributed by atoms with Crippen molar-refractivity contribution >= 4 is 65.6 Å². The number of rotatable bonds is 3. The number of furan rings is 1. The first-order valence-corrected chi connectivity index (χ1v) is 16.1. The summed E-state index contributed by atoms with van der Waals surface area (Å²) in [6, 6.07) is 54.3. The number of fused-ring (bicyclic) bond motifs is 10. The molecule has 49 heavy (non-hydrogen) atoms. The van der Waals surface area contributed by atoms with E-state index >= 15 is 0 Å². The second kappa shape index (κ2) is 10.2. The summed E-state index contributed by atoms with van der Waals surface area (Å²) in [6.07, 6.45) is 0. The minimum atomic E-state index is 0.582. The molecule has 0 saturated heterocycles. The third kappa shape index (κ3) is 3.79. The summed E-state index contributed by atoms with van der Waals surface area (Å²) in [5, 5.41) is 25.9. The molecule has 0 radical (unpaired) electrons. The minimum absolute atomic E-state index is 0.582. The zero-order valence-electron chi connectivity index (χ0n) is 26.1. The van der Waals surface area contributed by atoms with Crippen LogP contribution >= 0.6 is 0 Å². The highest BCUT2D eigenvalue weighted by Gasteiger charge is 2.22. The van der Waals surface area contributed by atoms with Crippen molar-refractivity contribution in [1.82, 2.24) is 9.13 Å². The molecule has 0 saturated carbocycles. The fraction of sp³-hybridized carbons (Fsp3) is 0. The van der Waals surface area contributed by atoms with E-state index in [4.69, 9.17) is 4.42 Å². The first-order chi connectivity index (χ1) is 24.2. The summed E-state index contributed by atoms with van der Waals surface area (Å²) in [4.78, 5) is 0. The summed E-state index contributed by atoms with van der Waals surface area (Å²) in [7, 11) is 0. The van der Waals surface area contributed by atoms with Crippen LogP contribution in [0.3, 0.4) is 0 Å². The molecule has 0 amide bonds. The van der Waals surface area contributed by atoms with Gasteiger partial charge in [-0.3, -0.25) is 0 Å². The molecule has 0 N–H and O–H groups in total. The Kier molecular flexibility index (Phi) is 5.64. The third-order valence-electron chi connectivity index (χ3n) is 9.78. The van der Waals surface area contributed by atoms with Crippen molar-refractivity contribution in [2.24, 2.45) is 0 Å². The van der Waals surface area contributed by atoms with Gasteiger partial charge in [-0.1, -0.05) is 72.8 Å². The summed E-state index contributed by atoms with van der Waals surface area (Å²) in [6.45, 7) is 0. The van der Waals surface area contributed by atoms with E-state index in [1.165, 1.54) is 10.8 Å². The maximum absolute atomic E-state index is 9.74. The van der Waals surface area contributed by atoms with Gasteiger partial charge in [0, 0.05) is 43.4 Å². The number of nitrogens with zero attached hydrogens (tertiary/aromatic N) is 4. The minimum Gasteiger partial charge on any atom is -0.456 e. The molecular weight excluding hydrogens is 601 g/mol. The molecule has 0 aliphatic rings. The van der Waals surface area contributed by atoms with E-state index in [0.717, 1.165) is 77.3 Å². The zero-order chi connectivity index (χ0) is 32.6. The third-order valence-corrected chi connectivity index (χ3v) is 9.78. The predicted octanol–water partition coefficient (Wildman–Crippen LogP) is 11.2. The van der Waals surface area contributed by atoms with Crippen molar-refractivity contribution in [1.29, 1.82) is 10.5 Å². The molecular formula is C44H24N4O. The zero-order valence-corrected chi connectivity index (χ0v) is 26.1. The van der Waals surface area contributed by atoms with Crippen molar-refractivity contribution in [3.8, 4) is 34.6 Å². The second-order valence-corrected chi connectivity index (χ2v) is 12.3. The SMILES string of the molecule is N#Cc1ccc2c(c1)c1cc(C#N)ccc1n2-c1ccccc1-c1ccccc1-n1c2ccccc2c2c3c(ccc21)oc1ccccc13. The quantitative estimate of drug-likeness (QED) is 0.196. The molecule has 0 aliphatic carbocycles. The van der Waals surface area contributed by atoms with Crippen LogP contribution in [0.4, 0.5) is 0 Å². The lowest BCUT2D eigenvalue weighted by atomic mass is 10.0. The number of hydrogen-bond acceptors (Lipinski definition) is 3. The summed E-state index contributed by atoms with van der Waals surface area (Å²) >= 11 is 0. The van der Waals surface area contributed by atoms with E-state index in [0.29, 0.717) is 11.1 Å². The van der Waals surface area contributed by atoms with Crippen molar-refractivity contribution in [3.63, 3.8) is 0 Å². The van der Waals surface area contributed by atoms with Gasteiger partial charge in [-0.15, -0.1) is 0 Å². The highest BCUT2D eigenvalue weighted by Crippen LogP contribution is 2.44. The monoisotopic (exact) mass is 624 g/mol. The van der Waals surface area contributed by atoms with Gasteiger partial charge < -0.3 is 13.6 Å². The molecule has 0 aliphatic heterocycles. The molecule has 5 nitrogen and oxygen atoms in total. The molecule has 5 heteroatoms. The van der Waals surface area contributed by atoms with Gasteiger partial charge in [-0.05, 0) is 72.8 Å². The van der Waals surface area contributed by atoms with Gasteiger partial charge >= 0.3 is 0 Å². The van der Waals surface area contributed by atoms with E-state index in [2.05, 4.69) is 118 Å². The normalized spacial score (nSPS) is 11.6. The molecule has 226 valence electrons. The van der Waals surface area contributed by atoms with Crippen molar-refractivity contribution in [3.05, 3.63) is 157 Å². The number of para-hydroxylation sites is 4. The molecule has 0 bridgehead atoms. The van der Waals surface area contributed by atoms with E-state index in [1.54, 1.807) is 0 Å². The Bertz CT molecular complexity index is 3010. The fourth-order valence-corrected chi connectivity index (χ4v) is 7.75. The number of nitriles is 2. The van der Waals surface area contributed by atoms with Gasteiger partial charge in [0.2, 0.25) is 0 Å². The molecule has 0 fully saturated rings. The van der Waals surface area contributed by atoms with E-state index in [-0.39, 0.29) is 0 Å². The van der Waals surface area contributed by atoms with Gasteiger partial charge in [0.05, 0.1) is 56.7 Å². The highest BCUT2D eigenvalue weighted by molar-refractivity contribution is 6.27. The lowest BCUT2D eigenvalue weighted by Crippen LogP contribution is -2.01. The van der Waals surface area contributed by atoms with Crippen molar-refractivity contribution in [2.45, 2.75) is 0 Å². The molecule has 0 unspecified atom stereocenters. The molecule has 7 aromatic carbocycles. The van der Waals surface area contributed by atoms with Crippen LogP contribution in [0.2, 0.25) is 0 Å². The Balaban J connectivity index is 1.29. The molecule has 0 atom stereocenters. The summed E-state index contributed by atoms with van der Waals surface area (Å²) < 4.78 is 11.0. The fourth-order valence-electron chi connectivity index (χ4n) is 7.75. The van der Waals surface area contributed by atoms with Crippen LogP contribution in [-0.4, -0.2) is 9.13 Å². The van der Waals surface area contributed by atoms with Crippen LogP contribution < -0.4 is 0 Å². The van der Waals surface area contributed by atoms with Crippen molar-refractivity contribution in [2.75, 3.05) is 0 Å². The topological polar surface area (TPSA) is 70.6 Å². The summed E-state index contributed by atoms with van der Waals surface area (Å²) in [5.74, 6) is 0. The smallest absolute Gasteiger partial charge is 0.136 e. The van der Waals surface area contributed by atoms with E-state index < -0.39 is 0 Å². The van der Waals surface area contributed by atoms with Crippen LogP contribution in [0, 0.1) is 22.7 Å². The first-order valence-electron chi connectivity index (χ1n) is 16.1. The average Bonchev–Trinajstić information content (AvgIpc) is 3.81. The number of aromatic nitrogens is 2. The standard InChI is InChI=1S/C44H24N4O/c45-25-27-17-19-38-33(23-27)34-24-28(26-46)18-20-39(34)47(38)35-13-5-1-9-29(35)30-10-2-6-14-36(30)48-37-15-7-3-11-31(37)43-40(48)21-22-42-44(43)32-12-4-8-16-41(32)49-42/h1-24H. The number of benzene rings is 7. The molecule has 3 aromatic heterocycles. The van der Waals surface area contributed by atoms with Gasteiger partial charge in [0.15, 0.2) is 0 Å². The Hall–Kier alpha value is -7.08. The summed E-state index contributed by atoms with van der Waals surface area (Å²) in [5.41, 5.74) is 11.3. The van der Waals surface area contributed by atoms with Gasteiger partial charge in [-0.2, -0.15) is 10.5 Å². The average molecular weight is 625 g/mol.